The maximum atomic E-state index is 11.7. The smallest absolute Gasteiger partial charge is 0.306 e. The molecule has 11 heteroatoms. The number of ether oxygens (including phenoxy) is 3. The zero-order chi connectivity index (χ0) is 32.8. The lowest BCUT2D eigenvalue weighted by molar-refractivity contribution is -0.141. The highest BCUT2D eigenvalue weighted by molar-refractivity contribution is 6.39. The zero-order valence-electron chi connectivity index (χ0n) is 26.4. The molecule has 1 aliphatic heterocycles. The van der Waals surface area contributed by atoms with E-state index in [4.69, 9.17) is 42.4 Å². The Morgan fingerprint density at radius 1 is 1.04 bits per heavy atom. The van der Waals surface area contributed by atoms with Gasteiger partial charge in [-0.2, -0.15) is 0 Å². The number of esters is 1. The van der Waals surface area contributed by atoms with Gasteiger partial charge in [0.15, 0.2) is 0 Å². The van der Waals surface area contributed by atoms with Crippen LogP contribution in [0.2, 0.25) is 10.0 Å². The quantitative estimate of drug-likeness (QED) is 0.171. The van der Waals surface area contributed by atoms with Gasteiger partial charge < -0.3 is 24.6 Å². The van der Waals surface area contributed by atoms with E-state index in [1.807, 2.05) is 42.5 Å². The van der Waals surface area contributed by atoms with E-state index in [1.54, 1.807) is 27.3 Å². The number of halogens is 2. The molecule has 0 unspecified atom stereocenters. The standard InChI is InChI=1S/C35H38Cl2N4O5/c1-21(42)18-38-19-23-8-9-29(40-35(23)46-4)27-7-5-6-25(32(27)36)26-10-13-39-34(33(26)37)24-16-22-11-14-41(15-12-31(43)45-3)20-28(22)30(17-24)44-2/h5-10,13,16-17,21,38,42H,11-12,14-15,18-20H2,1-4H3/t21-/m0/s1. The summed E-state index contributed by atoms with van der Waals surface area (Å²) in [6, 6.07) is 15.6. The van der Waals surface area contributed by atoms with Gasteiger partial charge >= 0.3 is 5.97 Å². The van der Waals surface area contributed by atoms with E-state index in [0.717, 1.165) is 57.7 Å². The number of carbonyl (C=O) groups excluding carboxylic acids is 1. The number of nitrogens with zero attached hydrogens (tertiary/aromatic N) is 3. The first-order valence-corrected chi connectivity index (χ1v) is 15.8. The van der Waals surface area contributed by atoms with Crippen LogP contribution in [0.1, 0.15) is 30.0 Å². The number of methoxy groups -OCH3 is 3. The summed E-state index contributed by atoms with van der Waals surface area (Å²) in [5, 5.41) is 13.7. The van der Waals surface area contributed by atoms with Crippen LogP contribution in [0.5, 0.6) is 11.6 Å². The minimum Gasteiger partial charge on any atom is -0.496 e. The van der Waals surface area contributed by atoms with Gasteiger partial charge in [-0.15, -0.1) is 0 Å². The van der Waals surface area contributed by atoms with Crippen LogP contribution in [-0.4, -0.2) is 73.0 Å². The largest absolute Gasteiger partial charge is 0.496 e. The van der Waals surface area contributed by atoms with Crippen LogP contribution in [-0.2, 0) is 29.0 Å². The molecule has 0 amide bonds. The molecule has 2 N–H and O–H groups in total. The second-order valence-corrected chi connectivity index (χ2v) is 12.0. The van der Waals surface area contributed by atoms with E-state index in [2.05, 4.69) is 21.3 Å². The lowest BCUT2D eigenvalue weighted by atomic mass is 9.93. The third-order valence-corrected chi connectivity index (χ3v) is 8.87. The van der Waals surface area contributed by atoms with Crippen molar-refractivity contribution >= 4 is 29.2 Å². The molecule has 0 saturated carbocycles. The molecule has 0 bridgehead atoms. The minimum absolute atomic E-state index is 0.217. The van der Waals surface area contributed by atoms with E-state index in [-0.39, 0.29) is 5.97 Å². The van der Waals surface area contributed by atoms with Gasteiger partial charge in [-0.25, -0.2) is 4.98 Å². The number of aromatic nitrogens is 2. The third-order valence-electron chi connectivity index (χ3n) is 8.08. The fraction of sp³-hybridized carbons (Fsp3) is 0.343. The molecule has 0 spiro atoms. The zero-order valence-corrected chi connectivity index (χ0v) is 27.9. The van der Waals surface area contributed by atoms with Crippen LogP contribution in [0.4, 0.5) is 0 Å². The first-order chi connectivity index (χ1) is 22.2. The Kier molecular flexibility index (Phi) is 11.1. The molecule has 2 aromatic heterocycles. The summed E-state index contributed by atoms with van der Waals surface area (Å²) in [7, 11) is 4.65. The Bertz CT molecular complexity index is 1700. The lowest BCUT2D eigenvalue weighted by Crippen LogP contribution is -2.32. The monoisotopic (exact) mass is 664 g/mol. The van der Waals surface area contributed by atoms with Crippen LogP contribution in [0.15, 0.2) is 54.7 Å². The summed E-state index contributed by atoms with van der Waals surface area (Å²) in [6.45, 7) is 4.82. The maximum absolute atomic E-state index is 11.7. The summed E-state index contributed by atoms with van der Waals surface area (Å²) < 4.78 is 16.2. The van der Waals surface area contributed by atoms with Crippen molar-refractivity contribution in [2.24, 2.45) is 0 Å². The molecule has 1 atom stereocenters. The van der Waals surface area contributed by atoms with Crippen LogP contribution >= 0.6 is 23.2 Å². The predicted octanol–water partition coefficient (Wildman–Crippen LogP) is 6.19. The minimum atomic E-state index is -0.453. The summed E-state index contributed by atoms with van der Waals surface area (Å²) >= 11 is 14.2. The number of hydrogen-bond acceptors (Lipinski definition) is 9. The fourth-order valence-electron chi connectivity index (χ4n) is 5.69. The summed E-state index contributed by atoms with van der Waals surface area (Å²) in [6.07, 6.45) is 2.43. The molecule has 0 radical (unpaired) electrons. The van der Waals surface area contributed by atoms with Crippen molar-refractivity contribution in [2.75, 3.05) is 41.0 Å². The van der Waals surface area contributed by atoms with Gasteiger partial charge in [0, 0.05) is 72.3 Å². The third kappa shape index (κ3) is 7.45. The molecule has 0 aliphatic carbocycles. The number of rotatable bonds is 12. The number of nitrogens with one attached hydrogen (secondary N) is 1. The Balaban J connectivity index is 1.45. The Morgan fingerprint density at radius 3 is 2.57 bits per heavy atom. The second-order valence-electron chi connectivity index (χ2n) is 11.2. The van der Waals surface area contributed by atoms with Gasteiger partial charge in [0.2, 0.25) is 5.88 Å². The maximum Gasteiger partial charge on any atom is 0.306 e. The summed E-state index contributed by atoms with van der Waals surface area (Å²) in [5.74, 6) is 1.02. The number of hydrogen-bond donors (Lipinski definition) is 2. The van der Waals surface area contributed by atoms with Gasteiger partial charge in [-0.1, -0.05) is 47.5 Å². The normalized spacial score (nSPS) is 13.6. The average Bonchev–Trinajstić information content (AvgIpc) is 3.07. The Labute approximate surface area is 279 Å². The van der Waals surface area contributed by atoms with Crippen LogP contribution in [0.25, 0.3) is 33.6 Å². The van der Waals surface area contributed by atoms with Gasteiger partial charge in [-0.05, 0) is 43.2 Å². The highest BCUT2D eigenvalue weighted by Crippen LogP contribution is 2.43. The molecule has 9 nitrogen and oxygen atoms in total. The molecule has 2 aromatic carbocycles. The number of carbonyl (C=O) groups is 1. The molecule has 46 heavy (non-hydrogen) atoms. The van der Waals surface area contributed by atoms with Gasteiger partial charge in [0.05, 0.1) is 55.3 Å². The molecular weight excluding hydrogens is 627 g/mol. The van der Waals surface area contributed by atoms with Gasteiger partial charge in [0.1, 0.15) is 5.75 Å². The highest BCUT2D eigenvalue weighted by atomic mass is 35.5. The molecule has 0 fully saturated rings. The van der Waals surface area contributed by atoms with Crippen molar-refractivity contribution in [3.05, 3.63) is 81.5 Å². The first-order valence-electron chi connectivity index (χ1n) is 15.1. The Morgan fingerprint density at radius 2 is 1.83 bits per heavy atom. The number of aliphatic hydroxyl groups is 1. The van der Waals surface area contributed by atoms with Crippen LogP contribution in [0, 0.1) is 0 Å². The van der Waals surface area contributed by atoms with Crippen molar-refractivity contribution in [1.82, 2.24) is 20.2 Å². The van der Waals surface area contributed by atoms with Crippen LogP contribution in [0.3, 0.4) is 0 Å². The van der Waals surface area contributed by atoms with E-state index in [1.165, 1.54) is 7.11 Å². The number of pyridine rings is 2. The second kappa shape index (κ2) is 15.2. The summed E-state index contributed by atoms with van der Waals surface area (Å²) in [4.78, 5) is 23.3. The first kappa shape index (κ1) is 33.6. The predicted molar refractivity (Wildman–Crippen MR) is 180 cm³/mol. The van der Waals surface area contributed by atoms with E-state index < -0.39 is 6.10 Å². The fourth-order valence-corrected chi connectivity index (χ4v) is 6.33. The van der Waals surface area contributed by atoms with Gasteiger partial charge in [-0.3, -0.25) is 14.7 Å². The molecule has 0 saturated heterocycles. The number of aliphatic hydroxyl groups excluding tert-OH is 1. The summed E-state index contributed by atoms with van der Waals surface area (Å²) in [5.41, 5.74) is 7.51. The van der Waals surface area contributed by atoms with E-state index in [9.17, 15) is 9.90 Å². The van der Waals surface area contributed by atoms with Crippen LogP contribution < -0.4 is 14.8 Å². The van der Waals surface area contributed by atoms with Crippen molar-refractivity contribution in [2.45, 2.75) is 39.0 Å². The van der Waals surface area contributed by atoms with Crippen molar-refractivity contribution < 1.29 is 24.1 Å². The number of fused-ring (bicyclic) bond motifs is 1. The molecule has 1 aliphatic rings. The molecule has 3 heterocycles. The molecule has 4 aromatic rings. The molecular formula is C35H38Cl2N4O5. The number of benzene rings is 2. The van der Waals surface area contributed by atoms with Gasteiger partial charge in [0.25, 0.3) is 0 Å². The van der Waals surface area contributed by atoms with E-state index >= 15 is 0 Å². The SMILES string of the molecule is COC(=O)CCN1CCc2cc(-c3nccc(-c4cccc(-c5ccc(CNC[C@H](C)O)c(OC)n5)c4Cl)c3Cl)cc(OC)c2C1. The molecule has 242 valence electrons. The van der Waals surface area contributed by atoms with Crippen molar-refractivity contribution in [3.63, 3.8) is 0 Å². The average molecular weight is 666 g/mol. The Hall–Kier alpha value is -3.73. The highest BCUT2D eigenvalue weighted by Gasteiger charge is 2.24. The topological polar surface area (TPSA) is 106 Å². The lowest BCUT2D eigenvalue weighted by Gasteiger charge is -2.30. The molecule has 5 rings (SSSR count). The van der Waals surface area contributed by atoms with Crippen molar-refractivity contribution in [3.8, 4) is 45.3 Å². The van der Waals surface area contributed by atoms with Crippen molar-refractivity contribution in [1.29, 1.82) is 0 Å². The van der Waals surface area contributed by atoms with E-state index in [0.29, 0.717) is 59.9 Å².